The van der Waals surface area contributed by atoms with Crippen LogP contribution in [0.1, 0.15) is 5.56 Å². The van der Waals surface area contributed by atoms with Gasteiger partial charge in [-0.25, -0.2) is 10.8 Å². The molecule has 0 aromatic carbocycles. The normalized spacial score (nSPS) is 10.6. The van der Waals surface area contributed by atoms with Crippen molar-refractivity contribution in [2.75, 3.05) is 17.4 Å². The smallest absolute Gasteiger partial charge is 0.161 e. The minimum absolute atomic E-state index is 0.381. The first-order valence-corrected chi connectivity index (χ1v) is 6.28. The second-order valence-electron chi connectivity index (χ2n) is 4.15. The molecule has 19 heavy (non-hydrogen) atoms. The molecule has 0 bridgehead atoms. The van der Waals surface area contributed by atoms with Crippen LogP contribution in [-0.4, -0.2) is 21.8 Å². The van der Waals surface area contributed by atoms with Crippen molar-refractivity contribution in [1.29, 1.82) is 0 Å². The molecule has 0 spiro atoms. The molecule has 0 amide bonds. The number of halogens is 2. The van der Waals surface area contributed by atoms with E-state index in [1.807, 2.05) is 25.2 Å². The van der Waals surface area contributed by atoms with E-state index >= 15 is 0 Å². The predicted octanol–water partition coefficient (Wildman–Crippen LogP) is 2.04. The Morgan fingerprint density at radius 1 is 1.42 bits per heavy atom. The highest BCUT2D eigenvalue weighted by Gasteiger charge is 2.13. The highest BCUT2D eigenvalue weighted by molar-refractivity contribution is 6.37. The summed E-state index contributed by atoms with van der Waals surface area (Å²) in [7, 11) is 3.75. The molecule has 0 radical (unpaired) electrons. The number of nitrogens with one attached hydrogen (secondary N) is 1. The molecule has 2 aromatic heterocycles. The molecular weight excluding hydrogens is 287 g/mol. The first-order valence-electron chi connectivity index (χ1n) is 5.52. The monoisotopic (exact) mass is 300 g/mol. The number of nitrogen functional groups attached to an aromatic ring is 1. The number of nitrogens with zero attached hydrogens (tertiary/aromatic N) is 4. The summed E-state index contributed by atoms with van der Waals surface area (Å²) < 4.78 is 1.74. The second kappa shape index (κ2) is 5.64. The molecule has 2 rings (SSSR count). The van der Waals surface area contributed by atoms with E-state index in [2.05, 4.69) is 15.5 Å². The Balaban J connectivity index is 2.25. The van der Waals surface area contributed by atoms with Gasteiger partial charge in [-0.3, -0.25) is 4.68 Å². The van der Waals surface area contributed by atoms with Gasteiger partial charge in [-0.15, -0.1) is 0 Å². The molecular formula is C11H14Cl2N6. The number of hydrogen-bond donors (Lipinski definition) is 2. The van der Waals surface area contributed by atoms with Crippen LogP contribution in [0.5, 0.6) is 0 Å². The Hall–Kier alpha value is -1.50. The number of nitrogens with two attached hydrogens (primary N) is 1. The van der Waals surface area contributed by atoms with Crippen molar-refractivity contribution >= 4 is 34.8 Å². The minimum atomic E-state index is 0.381. The van der Waals surface area contributed by atoms with Crippen LogP contribution in [0.2, 0.25) is 10.0 Å². The number of hydrogen-bond acceptors (Lipinski definition) is 5. The van der Waals surface area contributed by atoms with Crippen LogP contribution >= 0.6 is 23.2 Å². The molecule has 0 unspecified atom stereocenters. The highest BCUT2D eigenvalue weighted by atomic mass is 35.5. The summed E-state index contributed by atoms with van der Waals surface area (Å²) in [6.07, 6.45) is 3.73. The lowest BCUT2D eigenvalue weighted by molar-refractivity contribution is 0.766. The molecule has 3 N–H and O–H groups in total. The third-order valence-corrected chi connectivity index (χ3v) is 3.15. The van der Waals surface area contributed by atoms with Crippen molar-refractivity contribution in [2.45, 2.75) is 6.54 Å². The third kappa shape index (κ3) is 3.09. The molecule has 2 heterocycles. The van der Waals surface area contributed by atoms with Gasteiger partial charge in [-0.05, 0) is 6.07 Å². The number of rotatable bonds is 4. The summed E-state index contributed by atoms with van der Waals surface area (Å²) in [6, 6.07) is 1.61. The zero-order valence-corrected chi connectivity index (χ0v) is 12.1. The molecule has 102 valence electrons. The van der Waals surface area contributed by atoms with Crippen LogP contribution in [0, 0.1) is 0 Å². The summed E-state index contributed by atoms with van der Waals surface area (Å²) in [6.45, 7) is 0.631. The summed E-state index contributed by atoms with van der Waals surface area (Å²) in [5, 5.41) is 4.97. The van der Waals surface area contributed by atoms with Crippen molar-refractivity contribution < 1.29 is 0 Å². The van der Waals surface area contributed by atoms with Crippen LogP contribution in [0.3, 0.4) is 0 Å². The lowest BCUT2D eigenvalue weighted by Crippen LogP contribution is -2.19. The summed E-state index contributed by atoms with van der Waals surface area (Å²) in [4.78, 5) is 6.19. The first kappa shape index (κ1) is 13.9. The van der Waals surface area contributed by atoms with Crippen LogP contribution in [0.4, 0.5) is 11.6 Å². The maximum atomic E-state index is 6.15. The molecule has 8 heteroatoms. The van der Waals surface area contributed by atoms with E-state index in [-0.39, 0.29) is 0 Å². The number of aryl methyl sites for hydroxylation is 1. The fourth-order valence-corrected chi connectivity index (χ4v) is 2.29. The zero-order chi connectivity index (χ0) is 14.0. The average Bonchev–Trinajstić information content (AvgIpc) is 2.74. The van der Waals surface area contributed by atoms with Gasteiger partial charge in [0, 0.05) is 32.4 Å². The third-order valence-electron chi connectivity index (χ3n) is 2.59. The van der Waals surface area contributed by atoms with Crippen LogP contribution in [0.15, 0.2) is 18.5 Å². The standard InChI is InChI=1S/C11H14Cl2N6/c1-18(5-7-4-15-19(2)6-7)11-9(13)3-8(12)10(16-11)17-14/h3-4,6H,5,14H2,1-2H3,(H,16,17). The van der Waals surface area contributed by atoms with Crippen molar-refractivity contribution in [3.63, 3.8) is 0 Å². The van der Waals surface area contributed by atoms with Crippen LogP contribution in [-0.2, 0) is 13.6 Å². The van der Waals surface area contributed by atoms with E-state index in [1.165, 1.54) is 0 Å². The van der Waals surface area contributed by atoms with Gasteiger partial charge in [-0.1, -0.05) is 23.2 Å². The van der Waals surface area contributed by atoms with Gasteiger partial charge in [0.1, 0.15) is 5.82 Å². The predicted molar refractivity (Wildman–Crippen MR) is 77.4 cm³/mol. The van der Waals surface area contributed by atoms with E-state index < -0.39 is 0 Å². The van der Waals surface area contributed by atoms with Gasteiger partial charge in [0.25, 0.3) is 0 Å². The molecule has 6 nitrogen and oxygen atoms in total. The van der Waals surface area contributed by atoms with Gasteiger partial charge in [0.15, 0.2) is 5.82 Å². The molecule has 0 saturated heterocycles. The summed E-state index contributed by atoms with van der Waals surface area (Å²) in [5.41, 5.74) is 3.50. The number of aromatic nitrogens is 3. The molecule has 0 aliphatic carbocycles. The van der Waals surface area contributed by atoms with Crippen molar-refractivity contribution in [1.82, 2.24) is 14.8 Å². The molecule has 0 aliphatic heterocycles. The number of anilines is 2. The first-order chi connectivity index (χ1) is 9.01. The highest BCUT2D eigenvalue weighted by Crippen LogP contribution is 2.31. The van der Waals surface area contributed by atoms with Crippen molar-refractivity contribution in [2.24, 2.45) is 12.9 Å². The van der Waals surface area contributed by atoms with Crippen LogP contribution in [0.25, 0.3) is 0 Å². The van der Waals surface area contributed by atoms with Gasteiger partial charge in [-0.2, -0.15) is 5.10 Å². The molecule has 0 aliphatic rings. The van der Waals surface area contributed by atoms with E-state index in [4.69, 9.17) is 29.0 Å². The average molecular weight is 301 g/mol. The molecule has 0 atom stereocenters. The van der Waals surface area contributed by atoms with Gasteiger partial charge >= 0.3 is 0 Å². The SMILES string of the molecule is CN(Cc1cnn(C)c1)c1nc(NN)c(Cl)cc1Cl. The Morgan fingerprint density at radius 2 is 2.16 bits per heavy atom. The quantitative estimate of drug-likeness (QED) is 0.668. The Kier molecular flexibility index (Phi) is 4.14. The van der Waals surface area contributed by atoms with Crippen molar-refractivity contribution in [3.05, 3.63) is 34.1 Å². The van der Waals surface area contributed by atoms with Crippen molar-refractivity contribution in [3.8, 4) is 0 Å². The second-order valence-corrected chi connectivity index (χ2v) is 4.96. The molecule has 0 fully saturated rings. The van der Waals surface area contributed by atoms with Gasteiger partial charge in [0.05, 0.1) is 16.2 Å². The maximum Gasteiger partial charge on any atom is 0.161 e. The fourth-order valence-electron chi connectivity index (χ4n) is 1.73. The Bertz CT molecular complexity index is 583. The van der Waals surface area contributed by atoms with Crippen LogP contribution < -0.4 is 16.2 Å². The molecule has 2 aromatic rings. The van der Waals surface area contributed by atoms with E-state index in [0.29, 0.717) is 28.2 Å². The summed E-state index contributed by atoms with van der Waals surface area (Å²) in [5.74, 6) is 6.34. The van der Waals surface area contributed by atoms with E-state index in [9.17, 15) is 0 Å². The lowest BCUT2D eigenvalue weighted by atomic mass is 10.3. The Morgan fingerprint density at radius 3 is 2.74 bits per heavy atom. The molecule has 0 saturated carbocycles. The largest absolute Gasteiger partial charge is 0.354 e. The lowest BCUT2D eigenvalue weighted by Gasteiger charge is -2.19. The fraction of sp³-hybridized carbons (Fsp3) is 0.273. The number of hydrazine groups is 1. The van der Waals surface area contributed by atoms with Gasteiger partial charge in [0.2, 0.25) is 0 Å². The zero-order valence-electron chi connectivity index (χ0n) is 10.6. The minimum Gasteiger partial charge on any atom is -0.354 e. The van der Waals surface area contributed by atoms with Gasteiger partial charge < -0.3 is 10.3 Å². The maximum absolute atomic E-state index is 6.15. The topological polar surface area (TPSA) is 72.0 Å². The van der Waals surface area contributed by atoms with E-state index in [1.54, 1.807) is 16.9 Å². The summed E-state index contributed by atoms with van der Waals surface area (Å²) >= 11 is 12.1. The Labute approximate surface area is 121 Å². The van der Waals surface area contributed by atoms with E-state index in [0.717, 1.165) is 5.56 Å². The number of pyridine rings is 1.